The van der Waals surface area contributed by atoms with Crippen molar-refractivity contribution in [3.63, 3.8) is 0 Å². The standard InChI is InChI=1S/C15H21NO3/c1-3-19-15(17)14-8-5-9-16(14)11-12-6-4-7-13(10-12)18-2/h4,6-7,10,14H,3,5,8-9,11H2,1-2H3. The summed E-state index contributed by atoms with van der Waals surface area (Å²) in [6.45, 7) is 4.00. The van der Waals surface area contributed by atoms with Crippen LogP contribution in [0, 0.1) is 0 Å². The first-order valence-corrected chi connectivity index (χ1v) is 6.78. The number of carbonyl (C=O) groups is 1. The molecular weight excluding hydrogens is 242 g/mol. The summed E-state index contributed by atoms with van der Waals surface area (Å²) in [6.07, 6.45) is 1.94. The zero-order valence-corrected chi connectivity index (χ0v) is 11.6. The van der Waals surface area contributed by atoms with E-state index in [0.29, 0.717) is 6.61 Å². The van der Waals surface area contributed by atoms with E-state index < -0.39 is 0 Å². The Bertz CT molecular complexity index is 433. The van der Waals surface area contributed by atoms with Crippen molar-refractivity contribution in [2.24, 2.45) is 0 Å². The second-order valence-electron chi connectivity index (χ2n) is 4.73. The summed E-state index contributed by atoms with van der Waals surface area (Å²) in [5, 5.41) is 0. The first-order valence-electron chi connectivity index (χ1n) is 6.78. The lowest BCUT2D eigenvalue weighted by molar-refractivity contribution is -0.148. The molecule has 104 valence electrons. The average Bonchev–Trinajstić information content (AvgIpc) is 2.87. The van der Waals surface area contributed by atoms with Crippen LogP contribution in [-0.4, -0.2) is 37.2 Å². The fraction of sp³-hybridized carbons (Fsp3) is 0.533. The molecule has 19 heavy (non-hydrogen) atoms. The highest BCUT2D eigenvalue weighted by Crippen LogP contribution is 2.22. The molecule has 1 aliphatic heterocycles. The number of nitrogens with zero attached hydrogens (tertiary/aromatic N) is 1. The van der Waals surface area contributed by atoms with E-state index in [1.807, 2.05) is 25.1 Å². The van der Waals surface area contributed by atoms with Gasteiger partial charge >= 0.3 is 5.97 Å². The monoisotopic (exact) mass is 263 g/mol. The number of hydrogen-bond donors (Lipinski definition) is 0. The van der Waals surface area contributed by atoms with Gasteiger partial charge in [-0.1, -0.05) is 12.1 Å². The molecule has 0 saturated carbocycles. The Morgan fingerprint density at radius 2 is 2.32 bits per heavy atom. The average molecular weight is 263 g/mol. The third-order valence-electron chi connectivity index (χ3n) is 3.44. The van der Waals surface area contributed by atoms with Crippen LogP contribution in [0.1, 0.15) is 25.3 Å². The van der Waals surface area contributed by atoms with Gasteiger partial charge in [-0.25, -0.2) is 0 Å². The molecule has 0 aliphatic carbocycles. The van der Waals surface area contributed by atoms with Gasteiger partial charge in [0.1, 0.15) is 11.8 Å². The van der Waals surface area contributed by atoms with E-state index in [4.69, 9.17) is 9.47 Å². The lowest BCUT2D eigenvalue weighted by Gasteiger charge is -2.22. The van der Waals surface area contributed by atoms with E-state index in [1.165, 1.54) is 0 Å². The van der Waals surface area contributed by atoms with E-state index in [-0.39, 0.29) is 12.0 Å². The van der Waals surface area contributed by atoms with E-state index in [0.717, 1.165) is 37.2 Å². The molecule has 1 fully saturated rings. The van der Waals surface area contributed by atoms with Crippen molar-refractivity contribution in [1.29, 1.82) is 0 Å². The van der Waals surface area contributed by atoms with Crippen molar-refractivity contribution in [1.82, 2.24) is 4.90 Å². The number of rotatable bonds is 5. The summed E-state index contributed by atoms with van der Waals surface area (Å²) < 4.78 is 10.4. The molecule has 4 heteroatoms. The normalized spacial score (nSPS) is 19.4. The van der Waals surface area contributed by atoms with Crippen molar-refractivity contribution in [3.05, 3.63) is 29.8 Å². The fourth-order valence-corrected chi connectivity index (χ4v) is 2.53. The van der Waals surface area contributed by atoms with E-state index in [2.05, 4.69) is 11.0 Å². The lowest BCUT2D eigenvalue weighted by atomic mass is 10.1. The number of hydrogen-bond acceptors (Lipinski definition) is 4. The number of methoxy groups -OCH3 is 1. The Morgan fingerprint density at radius 3 is 3.05 bits per heavy atom. The SMILES string of the molecule is CCOC(=O)C1CCCN1Cc1cccc(OC)c1. The Kier molecular flexibility index (Phi) is 4.80. The number of likely N-dealkylation sites (tertiary alicyclic amines) is 1. The molecule has 4 nitrogen and oxygen atoms in total. The summed E-state index contributed by atoms with van der Waals surface area (Å²) in [5.74, 6) is 0.757. The van der Waals surface area contributed by atoms with Crippen LogP contribution >= 0.6 is 0 Å². The molecule has 0 N–H and O–H groups in total. The van der Waals surface area contributed by atoms with Crippen molar-refractivity contribution in [2.75, 3.05) is 20.3 Å². The van der Waals surface area contributed by atoms with E-state index in [1.54, 1.807) is 7.11 Å². The highest BCUT2D eigenvalue weighted by molar-refractivity contribution is 5.76. The molecule has 1 aliphatic rings. The molecule has 1 aromatic carbocycles. The van der Waals surface area contributed by atoms with Crippen LogP contribution in [0.3, 0.4) is 0 Å². The van der Waals surface area contributed by atoms with Gasteiger partial charge in [-0.2, -0.15) is 0 Å². The third-order valence-corrected chi connectivity index (χ3v) is 3.44. The summed E-state index contributed by atoms with van der Waals surface area (Å²) in [7, 11) is 1.66. The number of carbonyl (C=O) groups excluding carboxylic acids is 1. The van der Waals surface area contributed by atoms with Crippen LogP contribution in [0.2, 0.25) is 0 Å². The minimum atomic E-state index is -0.0945. The molecule has 1 aromatic rings. The van der Waals surface area contributed by atoms with Gasteiger partial charge in [0.15, 0.2) is 0 Å². The van der Waals surface area contributed by atoms with Gasteiger partial charge in [0.2, 0.25) is 0 Å². The van der Waals surface area contributed by atoms with Gasteiger partial charge in [-0.3, -0.25) is 9.69 Å². The minimum absolute atomic E-state index is 0.0915. The molecule has 0 spiro atoms. The van der Waals surface area contributed by atoms with Gasteiger partial charge < -0.3 is 9.47 Å². The van der Waals surface area contributed by atoms with Crippen LogP contribution in [0.15, 0.2) is 24.3 Å². The Labute approximate surface area is 114 Å². The zero-order valence-electron chi connectivity index (χ0n) is 11.6. The van der Waals surface area contributed by atoms with Crippen LogP contribution in [-0.2, 0) is 16.1 Å². The number of ether oxygens (including phenoxy) is 2. The quantitative estimate of drug-likeness (QED) is 0.764. The fourth-order valence-electron chi connectivity index (χ4n) is 2.53. The highest BCUT2D eigenvalue weighted by atomic mass is 16.5. The van der Waals surface area contributed by atoms with Crippen LogP contribution < -0.4 is 4.74 Å². The molecule has 0 bridgehead atoms. The van der Waals surface area contributed by atoms with Gasteiger partial charge in [-0.05, 0) is 44.0 Å². The molecule has 1 heterocycles. The summed E-state index contributed by atoms with van der Waals surface area (Å²) in [4.78, 5) is 14.1. The largest absolute Gasteiger partial charge is 0.497 e. The van der Waals surface area contributed by atoms with Gasteiger partial charge in [0, 0.05) is 6.54 Å². The summed E-state index contributed by atoms with van der Waals surface area (Å²) in [6, 6.07) is 7.88. The van der Waals surface area contributed by atoms with Gasteiger partial charge in [0.05, 0.1) is 13.7 Å². The zero-order chi connectivity index (χ0) is 13.7. The smallest absolute Gasteiger partial charge is 0.323 e. The topological polar surface area (TPSA) is 38.8 Å². The van der Waals surface area contributed by atoms with Crippen molar-refractivity contribution in [2.45, 2.75) is 32.4 Å². The Morgan fingerprint density at radius 1 is 1.47 bits per heavy atom. The van der Waals surface area contributed by atoms with E-state index in [9.17, 15) is 4.79 Å². The van der Waals surface area contributed by atoms with Crippen molar-refractivity contribution in [3.8, 4) is 5.75 Å². The molecule has 1 unspecified atom stereocenters. The molecule has 0 radical (unpaired) electrons. The van der Waals surface area contributed by atoms with Crippen LogP contribution in [0.5, 0.6) is 5.75 Å². The minimum Gasteiger partial charge on any atom is -0.497 e. The predicted molar refractivity (Wildman–Crippen MR) is 73.1 cm³/mol. The van der Waals surface area contributed by atoms with Crippen LogP contribution in [0.25, 0.3) is 0 Å². The maximum atomic E-state index is 11.9. The molecule has 0 amide bonds. The maximum Gasteiger partial charge on any atom is 0.323 e. The van der Waals surface area contributed by atoms with E-state index >= 15 is 0 Å². The summed E-state index contributed by atoms with van der Waals surface area (Å²) >= 11 is 0. The molecule has 1 saturated heterocycles. The Hall–Kier alpha value is -1.55. The highest BCUT2D eigenvalue weighted by Gasteiger charge is 2.31. The third kappa shape index (κ3) is 3.47. The van der Waals surface area contributed by atoms with Gasteiger partial charge in [-0.15, -0.1) is 0 Å². The van der Waals surface area contributed by atoms with Gasteiger partial charge in [0.25, 0.3) is 0 Å². The molecule has 2 rings (SSSR count). The lowest BCUT2D eigenvalue weighted by Crippen LogP contribution is -2.36. The van der Waals surface area contributed by atoms with Crippen molar-refractivity contribution >= 4 is 5.97 Å². The van der Waals surface area contributed by atoms with Crippen molar-refractivity contribution < 1.29 is 14.3 Å². The molecule has 1 atom stereocenters. The summed E-state index contributed by atoms with van der Waals surface area (Å²) in [5.41, 5.74) is 1.16. The maximum absolute atomic E-state index is 11.9. The first-order chi connectivity index (χ1) is 9.24. The molecule has 0 aromatic heterocycles. The first kappa shape index (κ1) is 13.9. The predicted octanol–water partition coefficient (Wildman–Crippen LogP) is 2.22. The molecular formula is C15H21NO3. The second kappa shape index (κ2) is 6.57. The van der Waals surface area contributed by atoms with Crippen LogP contribution in [0.4, 0.5) is 0 Å². The number of benzene rings is 1. The number of esters is 1. The Balaban J connectivity index is 2.02. The second-order valence-corrected chi connectivity index (χ2v) is 4.73.